The summed E-state index contributed by atoms with van der Waals surface area (Å²) in [5.74, 6) is 3.25. The Balaban J connectivity index is 1.64. The van der Waals surface area contributed by atoms with E-state index in [1.165, 1.54) is 6.92 Å². The molecule has 65 heavy (non-hydrogen) atoms. The normalized spacial score (nSPS) is 30.7. The number of aliphatic hydroxyl groups is 2. The lowest BCUT2D eigenvalue weighted by Gasteiger charge is -2.33. The van der Waals surface area contributed by atoms with Crippen LogP contribution in [0.1, 0.15) is 32.0 Å². The van der Waals surface area contributed by atoms with Crippen molar-refractivity contribution in [3.05, 3.63) is 38.9 Å². The molecule has 0 spiro atoms. The van der Waals surface area contributed by atoms with Crippen molar-refractivity contribution in [2.24, 2.45) is 5.73 Å². The lowest BCUT2D eigenvalue weighted by molar-refractivity contribution is -0.0797. The summed E-state index contributed by atoms with van der Waals surface area (Å²) in [7, 11) is -35.2. The summed E-state index contributed by atoms with van der Waals surface area (Å²) >= 11 is 0. The highest BCUT2D eigenvalue weighted by molar-refractivity contribution is 7.67. The van der Waals surface area contributed by atoms with Crippen molar-refractivity contribution >= 4 is 58.6 Å². The molecule has 2 aromatic heterocycles. The minimum atomic E-state index is -6.02. The molecule has 0 aliphatic carbocycles. The van der Waals surface area contributed by atoms with Crippen molar-refractivity contribution in [2.45, 2.75) is 80.9 Å². The molecule has 2 saturated heterocycles. The van der Waals surface area contributed by atoms with Gasteiger partial charge in [-0.05, 0) is 20.8 Å². The van der Waals surface area contributed by atoms with Gasteiger partial charge in [0.1, 0.15) is 36.1 Å². The predicted molar refractivity (Wildman–Crippen MR) is 207 cm³/mol. The fourth-order valence-electron chi connectivity index (χ4n) is 6.02. The average Bonchev–Trinajstić information content (AvgIpc) is 3.53. The average molecular weight is 1050 g/mol. The Morgan fingerprint density at radius 2 is 1.25 bits per heavy atom. The number of aromatic nitrogens is 5. The number of aryl methyl sites for hydroxylation is 1. The molecule has 4 rings (SSSR count). The molecule has 0 amide bonds. The quantitative estimate of drug-likeness (QED) is 0.0367. The monoisotopic (exact) mass is 1050 g/mol. The topological polar surface area (TPSA) is 537 Å². The van der Waals surface area contributed by atoms with Crippen LogP contribution in [0.2, 0.25) is 0 Å². The Hall–Kier alpha value is -3.01. The van der Waals surface area contributed by atoms with Gasteiger partial charge >= 0.3 is 58.3 Å². The third kappa shape index (κ3) is 13.0. The zero-order valence-corrected chi connectivity index (χ0v) is 37.9. The Morgan fingerprint density at radius 3 is 1.68 bits per heavy atom. The van der Waals surface area contributed by atoms with Gasteiger partial charge in [-0.3, -0.25) is 13.6 Å². The molecule has 14 atom stereocenters. The van der Waals surface area contributed by atoms with E-state index in [0.29, 0.717) is 9.25 Å². The number of hydrogen-bond donors (Lipinski definition) is 14. The second kappa shape index (κ2) is 19.2. The maximum Gasteiger partial charge on any atom is 0.490 e. The van der Waals surface area contributed by atoms with Crippen molar-refractivity contribution in [3.63, 3.8) is 0 Å². The van der Waals surface area contributed by atoms with E-state index in [9.17, 15) is 66.8 Å². The summed E-state index contributed by atoms with van der Waals surface area (Å²) in [5.41, 5.74) is 8.95. The predicted octanol–water partition coefficient (Wildman–Crippen LogP) is -3.61. The minimum Gasteiger partial charge on any atom is -0.387 e. The molecular weight excluding hydrogens is 1020 g/mol. The summed E-state index contributed by atoms with van der Waals surface area (Å²) in [5, 5.41) is 26.5. The highest BCUT2D eigenvalue weighted by Gasteiger charge is 2.61. The van der Waals surface area contributed by atoms with E-state index >= 15 is 0 Å². The van der Waals surface area contributed by atoms with E-state index in [4.69, 9.17) is 62.4 Å². The SMILES string of the molecule is C#CC1(N)[C@@H](O)[C@@H]([C@@H](C)OP(=O)(O)OP(=O)(O)OP(=O)(O)O)O[C@H]1n1c(C)cc(NNC2(C#C)[C@@H](O)[C@@H]([C@@H](C)OP(=O)(O)OP(=O)(O)OP(=O)(O)O)O[C@H]2n2ncc(N)nc2=O)nc1=O. The van der Waals surface area contributed by atoms with E-state index in [1.54, 1.807) is 0 Å². The summed E-state index contributed by atoms with van der Waals surface area (Å²) in [6, 6.07) is 1.05. The van der Waals surface area contributed by atoms with Crippen LogP contribution >= 0.6 is 46.9 Å². The molecule has 4 heterocycles. The fraction of sp³-hybridized carbons (Fsp3) is 0.542. The number of rotatable bonds is 19. The van der Waals surface area contributed by atoms with Gasteiger partial charge in [-0.1, -0.05) is 11.8 Å². The third-order valence-electron chi connectivity index (χ3n) is 8.53. The van der Waals surface area contributed by atoms with E-state index in [-0.39, 0.29) is 5.69 Å². The number of anilines is 2. The van der Waals surface area contributed by atoms with Crippen LogP contribution in [0.25, 0.3) is 0 Å². The Bertz CT molecular complexity index is 2670. The van der Waals surface area contributed by atoms with Crippen LogP contribution in [0.3, 0.4) is 0 Å². The first-order valence-electron chi connectivity index (χ1n) is 16.8. The number of nitrogens with zero attached hydrogens (tertiary/aromatic N) is 5. The van der Waals surface area contributed by atoms with Gasteiger partial charge < -0.3 is 75.7 Å². The molecule has 0 aromatic carbocycles. The fourth-order valence-corrected chi connectivity index (χ4v) is 12.4. The third-order valence-corrected chi connectivity index (χ3v) is 16.4. The number of aliphatic hydroxyl groups excluding tert-OH is 2. The van der Waals surface area contributed by atoms with Gasteiger partial charge in [0.2, 0.25) is 0 Å². The van der Waals surface area contributed by atoms with Gasteiger partial charge in [-0.15, -0.1) is 12.8 Å². The summed E-state index contributed by atoms with van der Waals surface area (Å²) in [6.07, 6.45) is -3.75. The molecule has 16 N–H and O–H groups in total. The zero-order valence-electron chi connectivity index (χ0n) is 32.5. The smallest absolute Gasteiger partial charge is 0.387 e. The number of nitrogens with one attached hydrogen (secondary N) is 2. The van der Waals surface area contributed by atoms with Crippen molar-refractivity contribution in [3.8, 4) is 24.7 Å². The highest BCUT2D eigenvalue weighted by Crippen LogP contribution is 2.68. The number of phosphoric ester groups is 2. The molecule has 6 unspecified atom stereocenters. The highest BCUT2D eigenvalue weighted by atomic mass is 31.3. The number of ether oxygens (including phenoxy) is 2. The van der Waals surface area contributed by atoms with Crippen molar-refractivity contribution < 1.29 is 113 Å². The molecule has 2 fully saturated rings. The van der Waals surface area contributed by atoms with Crippen LogP contribution in [0, 0.1) is 31.6 Å². The van der Waals surface area contributed by atoms with Crippen LogP contribution < -0.4 is 33.7 Å². The largest absolute Gasteiger partial charge is 0.490 e. The molecule has 0 radical (unpaired) electrons. The molecule has 364 valence electrons. The molecule has 2 aliphatic heterocycles. The second-order valence-electron chi connectivity index (χ2n) is 13.3. The van der Waals surface area contributed by atoms with Crippen molar-refractivity contribution in [1.82, 2.24) is 29.7 Å². The summed E-state index contributed by atoms with van der Waals surface area (Å²) in [6.45, 7) is 3.04. The Labute approximate surface area is 361 Å². The van der Waals surface area contributed by atoms with E-state index in [0.717, 1.165) is 26.1 Å². The zero-order chi connectivity index (χ0) is 49.7. The minimum absolute atomic E-state index is 0.171. The van der Waals surface area contributed by atoms with Gasteiger partial charge in [-0.25, -0.2) is 42.4 Å². The van der Waals surface area contributed by atoms with E-state index < -0.39 is 130 Å². The Kier molecular flexibility index (Phi) is 16.1. The van der Waals surface area contributed by atoms with E-state index in [1.807, 2.05) is 5.92 Å². The number of nitrogens with two attached hydrogens (primary N) is 2. The lowest BCUT2D eigenvalue weighted by atomic mass is 9.90. The van der Waals surface area contributed by atoms with Gasteiger partial charge in [0.25, 0.3) is 0 Å². The first-order valence-corrected chi connectivity index (χ1v) is 25.9. The maximum absolute atomic E-state index is 13.6. The van der Waals surface area contributed by atoms with Crippen LogP contribution in [-0.4, -0.2) is 121 Å². The maximum atomic E-state index is 13.6. The standard InChI is InChI=1S/C24H37N9O26P6/c1-6-23(26)17(34)15(11(4)54-62(44,45)58-64(48,49)56-60(38,39)40)52-19(23)32-10(3)8-14(29-21(32)36)30-31-24(7-2)18(35)16(53-20(24)33-22(37)28-13(25)9-27-33)12(5)55-63(46,47)59-65(50,51)57-61(41,42)43/h1-2,8-9,11-12,15-20,31,34-35H,26H2,3-5H3,(H,44,45)(H,46,47)(H,48,49)(H,50,51)(H2,25,28,37)(H,29,30,36)(H2,38,39,40)(H2,41,42,43)/t11-,12-,15-,16-,17+,18+,19-,20-,23?,24?/m1/s1. The Morgan fingerprint density at radius 1 is 0.769 bits per heavy atom. The molecule has 2 aliphatic rings. The van der Waals surface area contributed by atoms with Crippen LogP contribution in [-0.2, 0) is 63.2 Å². The van der Waals surface area contributed by atoms with Crippen LogP contribution in [0.5, 0.6) is 0 Å². The number of nitrogen functional groups attached to an aromatic ring is 1. The number of hydrogen-bond acceptors (Lipinski definition) is 25. The van der Waals surface area contributed by atoms with Crippen LogP contribution in [0.15, 0.2) is 21.9 Å². The second-order valence-corrected chi connectivity index (χ2v) is 22.0. The number of terminal acetylenes is 2. The van der Waals surface area contributed by atoms with Gasteiger partial charge in [0.05, 0.1) is 18.4 Å². The molecule has 0 saturated carbocycles. The summed E-state index contributed by atoms with van der Waals surface area (Å²) < 4.78 is 107. The molecule has 41 heteroatoms. The van der Waals surface area contributed by atoms with Gasteiger partial charge in [0.15, 0.2) is 23.5 Å². The van der Waals surface area contributed by atoms with Gasteiger partial charge in [-0.2, -0.15) is 37.0 Å². The molecule has 35 nitrogen and oxygen atoms in total. The van der Waals surface area contributed by atoms with E-state index in [2.05, 4.69) is 49.1 Å². The number of phosphoric acid groups is 6. The van der Waals surface area contributed by atoms with Crippen molar-refractivity contribution in [1.29, 1.82) is 0 Å². The summed E-state index contributed by atoms with van der Waals surface area (Å²) in [4.78, 5) is 108. The molecular formula is C24H37N9O26P6. The van der Waals surface area contributed by atoms with Crippen LogP contribution in [0.4, 0.5) is 11.6 Å². The lowest BCUT2D eigenvalue weighted by Crippen LogP contribution is -2.60. The van der Waals surface area contributed by atoms with Crippen molar-refractivity contribution in [2.75, 3.05) is 11.2 Å². The molecule has 0 bridgehead atoms. The number of hydrazine groups is 1. The first-order chi connectivity index (χ1) is 29.4. The first kappa shape index (κ1) is 54.6. The van der Waals surface area contributed by atoms with Gasteiger partial charge in [0, 0.05) is 11.8 Å². The molecule has 2 aromatic rings.